The Kier molecular flexibility index (Phi) is 6.28. The Hall–Kier alpha value is -1.52. The standard InChI is InChI=1S/C17H23ClN2O2/c1-3-9-19-10-6-11-20(13-12-19)17(21)14(2)22-16-8-5-4-7-15(16)18/h3-5,7-8,14H,1,6,9-13H2,2H3. The topological polar surface area (TPSA) is 32.8 Å². The van der Waals surface area contributed by atoms with Crippen LogP contribution in [0.1, 0.15) is 13.3 Å². The Morgan fingerprint density at radius 2 is 2.14 bits per heavy atom. The summed E-state index contributed by atoms with van der Waals surface area (Å²) < 4.78 is 5.72. The number of benzene rings is 1. The lowest BCUT2D eigenvalue weighted by Gasteiger charge is -2.25. The molecule has 0 spiro atoms. The molecule has 5 heteroatoms. The van der Waals surface area contributed by atoms with Gasteiger partial charge in [0, 0.05) is 32.7 Å². The smallest absolute Gasteiger partial charge is 0.263 e. The molecule has 2 rings (SSSR count). The molecule has 1 aliphatic heterocycles. The molecule has 1 aliphatic rings. The number of carbonyl (C=O) groups excluding carboxylic acids is 1. The minimum absolute atomic E-state index is 0.0142. The number of halogens is 1. The highest BCUT2D eigenvalue weighted by molar-refractivity contribution is 6.32. The van der Waals surface area contributed by atoms with Gasteiger partial charge in [0.25, 0.3) is 5.91 Å². The molecule has 0 N–H and O–H groups in total. The zero-order valence-electron chi connectivity index (χ0n) is 13.0. The van der Waals surface area contributed by atoms with Gasteiger partial charge in [0.15, 0.2) is 6.10 Å². The van der Waals surface area contributed by atoms with Crippen molar-refractivity contribution in [3.8, 4) is 5.75 Å². The summed E-state index contributed by atoms with van der Waals surface area (Å²) in [5.41, 5.74) is 0. The van der Waals surface area contributed by atoms with Crippen LogP contribution in [0.2, 0.25) is 5.02 Å². The number of hydrogen-bond donors (Lipinski definition) is 0. The van der Waals surface area contributed by atoms with Crippen LogP contribution < -0.4 is 4.74 Å². The molecule has 0 aliphatic carbocycles. The molecule has 1 heterocycles. The molecule has 1 unspecified atom stereocenters. The molecule has 1 aromatic carbocycles. The monoisotopic (exact) mass is 322 g/mol. The van der Waals surface area contributed by atoms with E-state index in [0.717, 1.165) is 39.1 Å². The lowest BCUT2D eigenvalue weighted by Crippen LogP contribution is -2.42. The van der Waals surface area contributed by atoms with Gasteiger partial charge in [-0.25, -0.2) is 0 Å². The molecule has 1 aromatic rings. The van der Waals surface area contributed by atoms with Crippen LogP contribution in [0.25, 0.3) is 0 Å². The van der Waals surface area contributed by atoms with Crippen molar-refractivity contribution < 1.29 is 9.53 Å². The maximum absolute atomic E-state index is 12.6. The van der Waals surface area contributed by atoms with Gasteiger partial charge in [-0.05, 0) is 25.5 Å². The van der Waals surface area contributed by atoms with Crippen LogP contribution in [0.15, 0.2) is 36.9 Å². The number of para-hydroxylation sites is 1. The van der Waals surface area contributed by atoms with E-state index in [1.165, 1.54) is 0 Å². The Morgan fingerprint density at radius 3 is 2.86 bits per heavy atom. The van der Waals surface area contributed by atoms with Crippen molar-refractivity contribution in [1.29, 1.82) is 0 Å². The highest BCUT2D eigenvalue weighted by atomic mass is 35.5. The fourth-order valence-electron chi connectivity index (χ4n) is 2.59. The Bertz CT molecular complexity index is 521. The molecule has 1 atom stereocenters. The predicted molar refractivity (Wildman–Crippen MR) is 89.4 cm³/mol. The summed E-state index contributed by atoms with van der Waals surface area (Å²) in [5.74, 6) is 0.563. The summed E-state index contributed by atoms with van der Waals surface area (Å²) in [6.45, 7) is 9.77. The minimum Gasteiger partial charge on any atom is -0.479 e. The number of carbonyl (C=O) groups is 1. The third-order valence-electron chi connectivity index (χ3n) is 3.78. The minimum atomic E-state index is -0.536. The molecule has 0 saturated carbocycles. The summed E-state index contributed by atoms with van der Waals surface area (Å²) >= 11 is 6.07. The second-order valence-electron chi connectivity index (χ2n) is 5.46. The molecule has 1 amide bonds. The second-order valence-corrected chi connectivity index (χ2v) is 5.87. The number of nitrogens with zero attached hydrogens (tertiary/aromatic N) is 2. The summed E-state index contributed by atoms with van der Waals surface area (Å²) in [5, 5.41) is 0.523. The lowest BCUT2D eigenvalue weighted by atomic mass is 10.3. The number of hydrogen-bond acceptors (Lipinski definition) is 3. The van der Waals surface area contributed by atoms with Crippen LogP contribution in [0, 0.1) is 0 Å². The Morgan fingerprint density at radius 1 is 1.36 bits per heavy atom. The average Bonchev–Trinajstić information content (AvgIpc) is 2.75. The third kappa shape index (κ3) is 4.49. The van der Waals surface area contributed by atoms with Crippen LogP contribution in [-0.4, -0.2) is 54.5 Å². The fraction of sp³-hybridized carbons (Fsp3) is 0.471. The first-order valence-corrected chi connectivity index (χ1v) is 8.03. The molecular weight excluding hydrogens is 300 g/mol. The van der Waals surface area contributed by atoms with Crippen molar-refractivity contribution in [2.75, 3.05) is 32.7 Å². The number of ether oxygens (including phenoxy) is 1. The molecule has 0 aromatic heterocycles. The van der Waals surface area contributed by atoms with Crippen LogP contribution in [0.5, 0.6) is 5.75 Å². The summed E-state index contributed by atoms with van der Waals surface area (Å²) in [7, 11) is 0. The van der Waals surface area contributed by atoms with Crippen LogP contribution >= 0.6 is 11.6 Å². The first-order chi connectivity index (χ1) is 10.6. The third-order valence-corrected chi connectivity index (χ3v) is 4.09. The SMILES string of the molecule is C=CCN1CCCN(C(=O)C(C)Oc2ccccc2Cl)CC1. The molecule has 0 radical (unpaired) electrons. The second kappa shape index (κ2) is 8.20. The molecule has 22 heavy (non-hydrogen) atoms. The van der Waals surface area contributed by atoms with Gasteiger partial charge in [-0.3, -0.25) is 9.69 Å². The van der Waals surface area contributed by atoms with Crippen LogP contribution in [0.4, 0.5) is 0 Å². The lowest BCUT2D eigenvalue weighted by molar-refractivity contribution is -0.137. The van der Waals surface area contributed by atoms with Gasteiger partial charge >= 0.3 is 0 Å². The molecule has 1 saturated heterocycles. The van der Waals surface area contributed by atoms with Crippen LogP contribution in [-0.2, 0) is 4.79 Å². The van der Waals surface area contributed by atoms with Gasteiger partial charge in [0.05, 0.1) is 5.02 Å². The fourth-order valence-corrected chi connectivity index (χ4v) is 2.78. The normalized spacial score (nSPS) is 17.6. The quantitative estimate of drug-likeness (QED) is 0.781. The van der Waals surface area contributed by atoms with Gasteiger partial charge in [0.1, 0.15) is 5.75 Å². The van der Waals surface area contributed by atoms with E-state index in [1.54, 1.807) is 19.1 Å². The van der Waals surface area contributed by atoms with Crippen molar-refractivity contribution >= 4 is 17.5 Å². The zero-order chi connectivity index (χ0) is 15.9. The van der Waals surface area contributed by atoms with E-state index in [9.17, 15) is 4.79 Å². The van der Waals surface area contributed by atoms with Crippen LogP contribution in [0.3, 0.4) is 0 Å². The summed E-state index contributed by atoms with van der Waals surface area (Å²) in [6, 6.07) is 7.22. The van der Waals surface area contributed by atoms with Crippen molar-refractivity contribution in [3.05, 3.63) is 41.9 Å². The Balaban J connectivity index is 1.93. The van der Waals surface area contributed by atoms with Gasteiger partial charge in [-0.2, -0.15) is 0 Å². The summed E-state index contributed by atoms with van der Waals surface area (Å²) in [4.78, 5) is 16.7. The maximum Gasteiger partial charge on any atom is 0.263 e. The zero-order valence-corrected chi connectivity index (χ0v) is 13.8. The van der Waals surface area contributed by atoms with E-state index in [-0.39, 0.29) is 5.91 Å². The largest absolute Gasteiger partial charge is 0.479 e. The average molecular weight is 323 g/mol. The van der Waals surface area contributed by atoms with E-state index in [4.69, 9.17) is 16.3 Å². The number of rotatable bonds is 5. The van der Waals surface area contributed by atoms with Crippen molar-refractivity contribution in [3.63, 3.8) is 0 Å². The van der Waals surface area contributed by atoms with Gasteiger partial charge in [0.2, 0.25) is 0 Å². The number of amides is 1. The molecular formula is C17H23ClN2O2. The van der Waals surface area contributed by atoms with E-state index in [2.05, 4.69) is 11.5 Å². The molecule has 120 valence electrons. The van der Waals surface area contributed by atoms with Gasteiger partial charge in [-0.1, -0.05) is 29.8 Å². The highest BCUT2D eigenvalue weighted by Crippen LogP contribution is 2.24. The molecule has 0 bridgehead atoms. The maximum atomic E-state index is 12.6. The summed E-state index contributed by atoms with van der Waals surface area (Å²) in [6.07, 6.45) is 2.34. The van der Waals surface area contributed by atoms with Crippen molar-refractivity contribution in [1.82, 2.24) is 9.80 Å². The van der Waals surface area contributed by atoms with Gasteiger partial charge < -0.3 is 9.64 Å². The first-order valence-electron chi connectivity index (χ1n) is 7.65. The van der Waals surface area contributed by atoms with Crippen molar-refractivity contribution in [2.45, 2.75) is 19.4 Å². The molecule has 1 fully saturated rings. The van der Waals surface area contributed by atoms with Gasteiger partial charge in [-0.15, -0.1) is 6.58 Å². The van der Waals surface area contributed by atoms with E-state index in [0.29, 0.717) is 10.8 Å². The van der Waals surface area contributed by atoms with Crippen molar-refractivity contribution in [2.24, 2.45) is 0 Å². The molecule has 4 nitrogen and oxygen atoms in total. The van der Waals surface area contributed by atoms with E-state index < -0.39 is 6.10 Å². The van der Waals surface area contributed by atoms with E-state index >= 15 is 0 Å². The first kappa shape index (κ1) is 16.8. The predicted octanol–water partition coefficient (Wildman–Crippen LogP) is 2.83. The van der Waals surface area contributed by atoms with E-state index in [1.807, 2.05) is 23.1 Å². The Labute approximate surface area is 137 Å². The highest BCUT2D eigenvalue weighted by Gasteiger charge is 2.24.